The maximum absolute atomic E-state index is 13.7. The van der Waals surface area contributed by atoms with Gasteiger partial charge in [-0.1, -0.05) is 18.3 Å². The highest BCUT2D eigenvalue weighted by Gasteiger charge is 2.40. The molecule has 0 saturated carbocycles. The molecule has 0 spiro atoms. The van der Waals surface area contributed by atoms with Crippen LogP contribution in [-0.2, 0) is 4.74 Å². The van der Waals surface area contributed by atoms with Crippen molar-refractivity contribution in [1.29, 1.82) is 0 Å². The minimum absolute atomic E-state index is 0.0830. The molecule has 2 fully saturated rings. The molecule has 0 aliphatic carbocycles. The molecule has 2 saturated heterocycles. The van der Waals surface area contributed by atoms with Crippen molar-refractivity contribution in [1.82, 2.24) is 0 Å². The van der Waals surface area contributed by atoms with E-state index in [9.17, 15) is 4.39 Å². The first kappa shape index (κ1) is 11.9. The van der Waals surface area contributed by atoms with Crippen LogP contribution in [0.4, 0.5) is 10.1 Å². The summed E-state index contributed by atoms with van der Waals surface area (Å²) in [4.78, 5) is 0.0830. The largest absolute Gasteiger partial charge is 0.389 e. The van der Waals surface area contributed by atoms with Crippen molar-refractivity contribution < 1.29 is 9.13 Å². The summed E-state index contributed by atoms with van der Waals surface area (Å²) >= 11 is 4.91. The van der Waals surface area contributed by atoms with Crippen LogP contribution in [0.25, 0.3) is 0 Å². The molecule has 3 unspecified atom stereocenters. The third-order valence-corrected chi connectivity index (χ3v) is 3.91. The Morgan fingerprint density at radius 2 is 2.28 bits per heavy atom. The molecule has 1 aromatic rings. The van der Waals surface area contributed by atoms with Crippen molar-refractivity contribution in [2.45, 2.75) is 37.5 Å². The molecule has 0 radical (unpaired) electrons. The second kappa shape index (κ2) is 4.48. The number of fused-ring (bicyclic) bond motifs is 2. The molecule has 2 aliphatic heterocycles. The third-order valence-electron chi connectivity index (χ3n) is 3.71. The third kappa shape index (κ3) is 1.97. The molecular formula is C13H15FN2OS. The topological polar surface area (TPSA) is 47.3 Å². The van der Waals surface area contributed by atoms with Gasteiger partial charge in [0.25, 0.3) is 0 Å². The SMILES string of the molecule is NC(=S)c1c(F)cccc1NC1CC2CCC1O2. The number of nitrogens with two attached hydrogens (primary N) is 1. The van der Waals surface area contributed by atoms with Crippen LogP contribution in [0.5, 0.6) is 0 Å². The van der Waals surface area contributed by atoms with Gasteiger partial charge in [0.05, 0.1) is 23.8 Å². The Morgan fingerprint density at radius 1 is 1.44 bits per heavy atom. The van der Waals surface area contributed by atoms with Crippen LogP contribution in [0.1, 0.15) is 24.8 Å². The number of thiocarbonyl (C=S) groups is 1. The zero-order valence-corrected chi connectivity index (χ0v) is 10.7. The molecule has 5 heteroatoms. The van der Waals surface area contributed by atoms with Crippen LogP contribution in [0, 0.1) is 5.82 Å². The first-order chi connectivity index (χ1) is 8.65. The van der Waals surface area contributed by atoms with Gasteiger partial charge in [0.1, 0.15) is 10.8 Å². The molecule has 3 nitrogen and oxygen atoms in total. The van der Waals surface area contributed by atoms with E-state index < -0.39 is 0 Å². The number of hydrogen-bond acceptors (Lipinski definition) is 3. The Bertz CT molecular complexity index is 494. The van der Waals surface area contributed by atoms with E-state index >= 15 is 0 Å². The molecule has 2 heterocycles. The lowest BCUT2D eigenvalue weighted by Gasteiger charge is -2.22. The van der Waals surface area contributed by atoms with Gasteiger partial charge in [-0.05, 0) is 31.4 Å². The van der Waals surface area contributed by atoms with E-state index in [4.69, 9.17) is 22.7 Å². The van der Waals surface area contributed by atoms with E-state index in [1.54, 1.807) is 6.07 Å². The Labute approximate surface area is 111 Å². The molecule has 18 heavy (non-hydrogen) atoms. The number of rotatable bonds is 3. The van der Waals surface area contributed by atoms with E-state index in [2.05, 4.69) is 5.32 Å². The van der Waals surface area contributed by atoms with Crippen LogP contribution in [-0.4, -0.2) is 23.2 Å². The van der Waals surface area contributed by atoms with E-state index in [0.29, 0.717) is 17.4 Å². The highest BCUT2D eigenvalue weighted by molar-refractivity contribution is 7.80. The van der Waals surface area contributed by atoms with Gasteiger partial charge in [-0.3, -0.25) is 0 Å². The second-order valence-electron chi connectivity index (χ2n) is 4.89. The summed E-state index contributed by atoms with van der Waals surface area (Å²) in [5, 5.41) is 3.33. The summed E-state index contributed by atoms with van der Waals surface area (Å²) in [5.41, 5.74) is 6.56. The monoisotopic (exact) mass is 266 g/mol. The van der Waals surface area contributed by atoms with Gasteiger partial charge in [-0.25, -0.2) is 4.39 Å². The summed E-state index contributed by atoms with van der Waals surface area (Å²) < 4.78 is 19.5. The maximum Gasteiger partial charge on any atom is 0.135 e. The molecule has 0 amide bonds. The van der Waals surface area contributed by atoms with Crippen LogP contribution in [0.3, 0.4) is 0 Å². The summed E-state index contributed by atoms with van der Waals surface area (Å²) in [7, 11) is 0. The number of ether oxygens (including phenoxy) is 1. The minimum Gasteiger partial charge on any atom is -0.389 e. The van der Waals surface area contributed by atoms with E-state index in [1.165, 1.54) is 6.07 Å². The van der Waals surface area contributed by atoms with Crippen molar-refractivity contribution in [3.63, 3.8) is 0 Å². The van der Waals surface area contributed by atoms with E-state index in [-0.39, 0.29) is 23.0 Å². The molecule has 96 valence electrons. The Kier molecular flexibility index (Phi) is 2.95. The van der Waals surface area contributed by atoms with Crippen LogP contribution >= 0.6 is 12.2 Å². The zero-order chi connectivity index (χ0) is 12.7. The Hall–Kier alpha value is -1.20. The molecule has 3 rings (SSSR count). The summed E-state index contributed by atoms with van der Waals surface area (Å²) in [6, 6.07) is 5.08. The number of halogens is 1. The van der Waals surface area contributed by atoms with Gasteiger partial charge in [-0.15, -0.1) is 0 Å². The fourth-order valence-corrected chi connectivity index (χ4v) is 3.09. The minimum atomic E-state index is -0.378. The van der Waals surface area contributed by atoms with Crippen LogP contribution in [0.15, 0.2) is 18.2 Å². The smallest absolute Gasteiger partial charge is 0.135 e. The van der Waals surface area contributed by atoms with Gasteiger partial charge < -0.3 is 15.8 Å². The number of anilines is 1. The molecule has 2 bridgehead atoms. The van der Waals surface area contributed by atoms with Gasteiger partial charge in [0, 0.05) is 5.69 Å². The normalized spacial score (nSPS) is 29.5. The highest BCUT2D eigenvalue weighted by Crippen LogP contribution is 2.36. The van der Waals surface area contributed by atoms with Crippen molar-refractivity contribution in [3.05, 3.63) is 29.6 Å². The predicted molar refractivity (Wildman–Crippen MR) is 72.2 cm³/mol. The zero-order valence-electron chi connectivity index (χ0n) is 9.86. The predicted octanol–water partition coefficient (Wildman–Crippen LogP) is 2.19. The summed E-state index contributed by atoms with van der Waals surface area (Å²) in [5.74, 6) is -0.378. The summed E-state index contributed by atoms with van der Waals surface area (Å²) in [6.45, 7) is 0. The lowest BCUT2D eigenvalue weighted by molar-refractivity contribution is 0.102. The maximum atomic E-state index is 13.7. The number of hydrogen-bond donors (Lipinski definition) is 2. The Morgan fingerprint density at radius 3 is 2.89 bits per heavy atom. The van der Waals surface area contributed by atoms with Crippen molar-refractivity contribution in [2.75, 3.05) is 5.32 Å². The van der Waals surface area contributed by atoms with Gasteiger partial charge in [0.2, 0.25) is 0 Å². The highest BCUT2D eigenvalue weighted by atomic mass is 32.1. The Balaban J connectivity index is 1.84. The first-order valence-corrected chi connectivity index (χ1v) is 6.56. The molecule has 0 aromatic heterocycles. The summed E-state index contributed by atoms with van der Waals surface area (Å²) in [6.07, 6.45) is 3.76. The van der Waals surface area contributed by atoms with E-state index in [0.717, 1.165) is 19.3 Å². The molecule has 2 aliphatic rings. The molecule has 1 aromatic carbocycles. The average molecular weight is 266 g/mol. The van der Waals surface area contributed by atoms with Crippen LogP contribution < -0.4 is 11.1 Å². The van der Waals surface area contributed by atoms with Gasteiger partial charge >= 0.3 is 0 Å². The van der Waals surface area contributed by atoms with Crippen LogP contribution in [0.2, 0.25) is 0 Å². The molecule has 3 N–H and O–H groups in total. The van der Waals surface area contributed by atoms with E-state index in [1.807, 2.05) is 6.07 Å². The average Bonchev–Trinajstić information content (AvgIpc) is 2.90. The van der Waals surface area contributed by atoms with Crippen molar-refractivity contribution in [3.8, 4) is 0 Å². The fourth-order valence-electron chi connectivity index (χ4n) is 2.88. The molecule has 3 atom stereocenters. The van der Waals surface area contributed by atoms with Gasteiger partial charge in [-0.2, -0.15) is 0 Å². The fraction of sp³-hybridized carbons (Fsp3) is 0.462. The lowest BCUT2D eigenvalue weighted by atomic mass is 9.95. The van der Waals surface area contributed by atoms with Crippen molar-refractivity contribution >= 4 is 22.9 Å². The quantitative estimate of drug-likeness (QED) is 0.823. The number of nitrogens with one attached hydrogen (secondary N) is 1. The second-order valence-corrected chi connectivity index (χ2v) is 5.33. The number of benzene rings is 1. The lowest BCUT2D eigenvalue weighted by Crippen LogP contribution is -2.31. The van der Waals surface area contributed by atoms with Crippen molar-refractivity contribution in [2.24, 2.45) is 5.73 Å². The molecular weight excluding hydrogens is 251 g/mol. The standard InChI is InChI=1S/C13H15FN2OS/c14-8-2-1-3-9(12(8)13(15)18)16-10-6-7-4-5-11(10)17-7/h1-3,7,10-11,16H,4-6H2,(H2,15,18). The van der Waals surface area contributed by atoms with Gasteiger partial charge in [0.15, 0.2) is 0 Å². The first-order valence-electron chi connectivity index (χ1n) is 6.15.